The van der Waals surface area contributed by atoms with Crippen LogP contribution >= 0.6 is 0 Å². The molecule has 1 aromatic carbocycles. The van der Waals surface area contributed by atoms with Gasteiger partial charge in [0.1, 0.15) is 5.75 Å². The molecule has 0 spiro atoms. The van der Waals surface area contributed by atoms with Gasteiger partial charge in [-0.05, 0) is 24.1 Å². The Morgan fingerprint density at radius 1 is 1.29 bits per heavy atom. The summed E-state index contributed by atoms with van der Waals surface area (Å²) in [6.45, 7) is 1.81. The van der Waals surface area contributed by atoms with E-state index in [2.05, 4.69) is 10.0 Å². The van der Waals surface area contributed by atoms with Crippen molar-refractivity contribution in [3.63, 3.8) is 0 Å². The van der Waals surface area contributed by atoms with Crippen LogP contribution in [0.2, 0.25) is 0 Å². The zero-order chi connectivity index (χ0) is 21.1. The zero-order valence-electron chi connectivity index (χ0n) is 15.8. The number of ether oxygens (including phenoxy) is 1. The molecule has 0 bridgehead atoms. The molecule has 1 atom stereocenters. The third-order valence-electron chi connectivity index (χ3n) is 3.98. The first-order chi connectivity index (χ1) is 12.9. The third-order valence-corrected chi connectivity index (χ3v) is 6.45. The summed E-state index contributed by atoms with van der Waals surface area (Å²) in [6.07, 6.45) is 0.968. The molecule has 0 saturated carbocycles. The highest BCUT2D eigenvalue weighted by molar-refractivity contribution is 7.92. The van der Waals surface area contributed by atoms with Gasteiger partial charge in [0.2, 0.25) is 10.0 Å². The summed E-state index contributed by atoms with van der Waals surface area (Å²) >= 11 is 0. The molecule has 28 heavy (non-hydrogen) atoms. The van der Waals surface area contributed by atoms with E-state index in [9.17, 15) is 26.4 Å². The zero-order valence-corrected chi connectivity index (χ0v) is 17.4. The number of sulfone groups is 1. The van der Waals surface area contributed by atoms with Crippen molar-refractivity contribution in [3.8, 4) is 5.75 Å². The number of amides is 2. The van der Waals surface area contributed by atoms with Crippen molar-refractivity contribution in [2.24, 2.45) is 5.92 Å². The molecular weight excluding hydrogens is 410 g/mol. The van der Waals surface area contributed by atoms with Crippen LogP contribution < -0.4 is 14.8 Å². The lowest BCUT2D eigenvalue weighted by Crippen LogP contribution is -2.42. The van der Waals surface area contributed by atoms with Crippen molar-refractivity contribution < 1.29 is 31.2 Å². The number of carbonyl (C=O) groups is 2. The maximum absolute atomic E-state index is 12.4. The van der Waals surface area contributed by atoms with Gasteiger partial charge in [-0.1, -0.05) is 6.92 Å². The van der Waals surface area contributed by atoms with Crippen LogP contribution in [-0.2, 0) is 29.4 Å². The van der Waals surface area contributed by atoms with Gasteiger partial charge in [-0.15, -0.1) is 0 Å². The van der Waals surface area contributed by atoms with Crippen LogP contribution in [0.25, 0.3) is 0 Å². The van der Waals surface area contributed by atoms with Crippen molar-refractivity contribution in [3.05, 3.63) is 18.2 Å². The molecule has 2 rings (SSSR count). The number of nitrogens with zero attached hydrogens (tertiary/aromatic N) is 1. The Labute approximate surface area is 164 Å². The van der Waals surface area contributed by atoms with Gasteiger partial charge in [-0.3, -0.25) is 14.3 Å². The topological polar surface area (TPSA) is 139 Å². The Morgan fingerprint density at radius 2 is 1.96 bits per heavy atom. The van der Waals surface area contributed by atoms with Gasteiger partial charge < -0.3 is 15.0 Å². The fraction of sp³-hybridized carbons (Fsp3) is 0.500. The Hall–Kier alpha value is -2.34. The molecule has 1 aromatic rings. The number of hydrogen-bond acceptors (Lipinski definition) is 7. The van der Waals surface area contributed by atoms with Crippen LogP contribution in [0.3, 0.4) is 0 Å². The van der Waals surface area contributed by atoms with Gasteiger partial charge in [0.25, 0.3) is 0 Å². The van der Waals surface area contributed by atoms with E-state index in [1.165, 1.54) is 30.2 Å². The molecule has 10 nitrogen and oxygen atoms in total. The van der Waals surface area contributed by atoms with Gasteiger partial charge in [0.05, 0.1) is 30.6 Å². The molecule has 2 amide bonds. The molecule has 1 aliphatic rings. The van der Waals surface area contributed by atoms with E-state index in [-0.39, 0.29) is 47.6 Å². The number of rotatable bonds is 4. The van der Waals surface area contributed by atoms with Gasteiger partial charge in [-0.25, -0.2) is 16.8 Å². The molecule has 156 valence electrons. The highest BCUT2D eigenvalue weighted by atomic mass is 32.2. The first-order valence-corrected chi connectivity index (χ1v) is 12.1. The Kier molecular flexibility index (Phi) is 6.55. The van der Waals surface area contributed by atoms with E-state index in [1.54, 1.807) is 6.92 Å². The third kappa shape index (κ3) is 6.09. The summed E-state index contributed by atoms with van der Waals surface area (Å²) in [6, 6.07) is 4.21. The lowest BCUT2D eigenvalue weighted by molar-refractivity contribution is -0.143. The highest BCUT2D eigenvalue weighted by Crippen LogP contribution is 2.28. The maximum Gasteiger partial charge on any atom is 0.313 e. The minimum atomic E-state index is -3.58. The molecule has 1 unspecified atom stereocenters. The van der Waals surface area contributed by atoms with Crippen molar-refractivity contribution in [2.75, 3.05) is 48.0 Å². The quantitative estimate of drug-likeness (QED) is 0.632. The average molecular weight is 434 g/mol. The highest BCUT2D eigenvalue weighted by Gasteiger charge is 2.30. The smallest absolute Gasteiger partial charge is 0.313 e. The van der Waals surface area contributed by atoms with Crippen LogP contribution in [0.15, 0.2) is 18.2 Å². The molecular formula is C16H23N3O7S2. The number of benzene rings is 1. The molecule has 1 heterocycles. The van der Waals surface area contributed by atoms with Crippen LogP contribution in [-0.4, -0.2) is 71.5 Å². The molecule has 12 heteroatoms. The van der Waals surface area contributed by atoms with E-state index in [0.29, 0.717) is 0 Å². The van der Waals surface area contributed by atoms with Crippen LogP contribution in [0, 0.1) is 5.92 Å². The summed E-state index contributed by atoms with van der Waals surface area (Å²) in [4.78, 5) is 26.0. The van der Waals surface area contributed by atoms with Crippen molar-refractivity contribution in [1.82, 2.24) is 4.90 Å². The predicted octanol–water partition coefficient (Wildman–Crippen LogP) is -0.102. The van der Waals surface area contributed by atoms with E-state index in [4.69, 9.17) is 4.74 Å². The molecule has 1 saturated heterocycles. The summed E-state index contributed by atoms with van der Waals surface area (Å²) < 4.78 is 53.9. The number of methoxy groups -OCH3 is 1. The average Bonchev–Trinajstić information content (AvgIpc) is 2.69. The van der Waals surface area contributed by atoms with E-state index < -0.39 is 31.7 Å². The normalized spacial score (nSPS) is 19.4. The number of anilines is 2. The van der Waals surface area contributed by atoms with Crippen molar-refractivity contribution in [1.29, 1.82) is 0 Å². The Balaban J connectivity index is 2.15. The number of hydrogen-bond donors (Lipinski definition) is 2. The monoisotopic (exact) mass is 433 g/mol. The van der Waals surface area contributed by atoms with Gasteiger partial charge >= 0.3 is 11.8 Å². The number of sulfonamides is 1. The number of nitrogens with one attached hydrogen (secondary N) is 2. The Bertz CT molecular complexity index is 974. The van der Waals surface area contributed by atoms with E-state index in [1.807, 2.05) is 0 Å². The Morgan fingerprint density at radius 3 is 2.57 bits per heavy atom. The van der Waals surface area contributed by atoms with Crippen LogP contribution in [0.1, 0.15) is 6.92 Å². The molecule has 1 fully saturated rings. The fourth-order valence-corrected chi connectivity index (χ4v) is 5.06. The first kappa shape index (κ1) is 22.0. The summed E-state index contributed by atoms with van der Waals surface area (Å²) in [5.74, 6) is -2.06. The predicted molar refractivity (Wildman–Crippen MR) is 104 cm³/mol. The van der Waals surface area contributed by atoms with Crippen molar-refractivity contribution in [2.45, 2.75) is 6.92 Å². The summed E-state index contributed by atoms with van der Waals surface area (Å²) in [5, 5.41) is 2.40. The van der Waals surface area contributed by atoms with Gasteiger partial charge in [0, 0.05) is 18.8 Å². The van der Waals surface area contributed by atoms with Gasteiger partial charge in [0.15, 0.2) is 9.84 Å². The summed E-state index contributed by atoms with van der Waals surface area (Å²) in [7, 11) is -5.48. The number of carbonyl (C=O) groups excluding carboxylic acids is 2. The molecule has 0 radical (unpaired) electrons. The molecule has 1 aliphatic heterocycles. The molecule has 2 N–H and O–H groups in total. The minimum absolute atomic E-state index is 0.0304. The second kappa shape index (κ2) is 8.35. The maximum atomic E-state index is 12.4. The lowest BCUT2D eigenvalue weighted by Gasteiger charge is -2.21. The fourth-order valence-electron chi connectivity index (χ4n) is 2.86. The van der Waals surface area contributed by atoms with E-state index >= 15 is 0 Å². The standard InChI is InChI=1S/C16H23N3O7S2/c1-11-9-19(6-7-28(24,25)10-11)16(21)15(20)17-12-4-5-14(26-2)13(8-12)18-27(3,22)23/h4-5,8,11,18H,6-7,9-10H2,1-3H3,(H,17,20). The summed E-state index contributed by atoms with van der Waals surface area (Å²) in [5.41, 5.74) is 0.283. The van der Waals surface area contributed by atoms with Crippen LogP contribution in [0.4, 0.5) is 11.4 Å². The molecule has 0 aromatic heterocycles. The van der Waals surface area contributed by atoms with E-state index in [0.717, 1.165) is 6.26 Å². The van der Waals surface area contributed by atoms with Crippen LogP contribution in [0.5, 0.6) is 5.75 Å². The largest absolute Gasteiger partial charge is 0.495 e. The second-order valence-corrected chi connectivity index (χ2v) is 10.7. The minimum Gasteiger partial charge on any atom is -0.495 e. The SMILES string of the molecule is COc1ccc(NC(=O)C(=O)N2CCS(=O)(=O)CC(C)C2)cc1NS(C)(=O)=O. The van der Waals surface area contributed by atoms with Crippen molar-refractivity contribution >= 4 is 43.0 Å². The first-order valence-electron chi connectivity index (χ1n) is 8.36. The lowest BCUT2D eigenvalue weighted by atomic mass is 10.2. The van der Waals surface area contributed by atoms with Gasteiger partial charge in [-0.2, -0.15) is 0 Å². The second-order valence-electron chi connectivity index (χ2n) is 6.71. The molecule has 0 aliphatic carbocycles.